The Kier molecular flexibility index (Phi) is 4.41. The number of terminal acetylenes is 1. The Morgan fingerprint density at radius 2 is 2.00 bits per heavy atom. The van der Waals surface area contributed by atoms with E-state index in [-0.39, 0.29) is 19.1 Å². The first-order valence-corrected chi connectivity index (χ1v) is 9.02. The van der Waals surface area contributed by atoms with Gasteiger partial charge in [0, 0.05) is 17.2 Å². The molecule has 0 aliphatic carbocycles. The van der Waals surface area contributed by atoms with Crippen LogP contribution in [0.2, 0.25) is 5.02 Å². The number of aromatic nitrogens is 1. The van der Waals surface area contributed by atoms with E-state index >= 15 is 0 Å². The van der Waals surface area contributed by atoms with Gasteiger partial charge in [-0.25, -0.2) is 0 Å². The highest BCUT2D eigenvalue weighted by Gasteiger charge is 2.17. The number of carbonyl (C=O) groups excluding carboxylic acids is 1. The summed E-state index contributed by atoms with van der Waals surface area (Å²) in [7, 11) is 0. The van der Waals surface area contributed by atoms with Crippen LogP contribution in [-0.2, 0) is 17.8 Å². The molecule has 0 fully saturated rings. The van der Waals surface area contributed by atoms with Gasteiger partial charge < -0.3 is 14.0 Å². The molecule has 0 radical (unpaired) electrons. The lowest BCUT2D eigenvalue weighted by Gasteiger charge is -2.01. The minimum absolute atomic E-state index is 0.199. The van der Waals surface area contributed by atoms with Crippen molar-refractivity contribution in [3.63, 3.8) is 0 Å². The van der Waals surface area contributed by atoms with Crippen molar-refractivity contribution in [1.82, 2.24) is 4.57 Å². The van der Waals surface area contributed by atoms with Crippen molar-refractivity contribution in [2.75, 3.05) is 6.79 Å². The quantitative estimate of drug-likeness (QED) is 0.650. The SMILES string of the molecule is C#CCn1c(=NC(=O)Cc2ccc(Cl)cc2)sc2cc3c(cc21)OCO3. The Labute approximate surface area is 158 Å². The molecule has 2 aromatic carbocycles. The average Bonchev–Trinajstić information content (AvgIpc) is 3.20. The largest absolute Gasteiger partial charge is 0.454 e. The van der Waals surface area contributed by atoms with Crippen molar-refractivity contribution < 1.29 is 14.3 Å². The zero-order valence-electron chi connectivity index (χ0n) is 13.6. The fourth-order valence-electron chi connectivity index (χ4n) is 2.71. The van der Waals surface area contributed by atoms with Crippen LogP contribution in [0.15, 0.2) is 41.4 Å². The first-order valence-electron chi connectivity index (χ1n) is 7.82. The molecule has 1 aliphatic rings. The van der Waals surface area contributed by atoms with Crippen molar-refractivity contribution >= 4 is 39.1 Å². The smallest absolute Gasteiger partial charge is 0.252 e. The molecule has 0 atom stereocenters. The van der Waals surface area contributed by atoms with Gasteiger partial charge in [-0.05, 0) is 17.7 Å². The molecule has 5 nitrogen and oxygen atoms in total. The van der Waals surface area contributed by atoms with E-state index in [2.05, 4.69) is 10.9 Å². The van der Waals surface area contributed by atoms with Gasteiger partial charge in [0.2, 0.25) is 6.79 Å². The van der Waals surface area contributed by atoms with Crippen LogP contribution in [0.1, 0.15) is 5.56 Å². The molecule has 7 heteroatoms. The molecule has 0 saturated carbocycles. The molecular weight excluding hydrogens is 372 g/mol. The zero-order valence-corrected chi connectivity index (χ0v) is 15.1. The molecule has 0 bridgehead atoms. The third-order valence-electron chi connectivity index (χ3n) is 3.92. The van der Waals surface area contributed by atoms with E-state index < -0.39 is 0 Å². The first kappa shape index (κ1) is 16.7. The van der Waals surface area contributed by atoms with E-state index in [4.69, 9.17) is 27.5 Å². The Bertz CT molecular complexity index is 1110. The highest BCUT2D eigenvalue weighted by Crippen LogP contribution is 2.36. The van der Waals surface area contributed by atoms with Crippen LogP contribution in [0.5, 0.6) is 11.5 Å². The number of nitrogens with zero attached hydrogens (tertiary/aromatic N) is 2. The van der Waals surface area contributed by atoms with E-state index in [1.54, 1.807) is 12.1 Å². The summed E-state index contributed by atoms with van der Waals surface area (Å²) >= 11 is 7.27. The van der Waals surface area contributed by atoms with Gasteiger partial charge in [0.25, 0.3) is 5.91 Å². The highest BCUT2D eigenvalue weighted by atomic mass is 35.5. The normalized spacial score (nSPS) is 13.2. The van der Waals surface area contributed by atoms with Crippen LogP contribution in [0.25, 0.3) is 10.2 Å². The monoisotopic (exact) mass is 384 g/mol. The molecule has 26 heavy (non-hydrogen) atoms. The summed E-state index contributed by atoms with van der Waals surface area (Å²) in [6, 6.07) is 10.9. The number of halogens is 1. The van der Waals surface area contributed by atoms with Crippen molar-refractivity contribution in [2.24, 2.45) is 4.99 Å². The summed E-state index contributed by atoms with van der Waals surface area (Å²) in [5.41, 5.74) is 1.73. The highest BCUT2D eigenvalue weighted by molar-refractivity contribution is 7.16. The first-order chi connectivity index (χ1) is 12.6. The van der Waals surface area contributed by atoms with Crippen LogP contribution < -0.4 is 14.3 Å². The van der Waals surface area contributed by atoms with E-state index in [1.807, 2.05) is 28.8 Å². The minimum atomic E-state index is -0.246. The van der Waals surface area contributed by atoms with Gasteiger partial charge in [-0.1, -0.05) is 41.0 Å². The van der Waals surface area contributed by atoms with E-state index in [0.29, 0.717) is 27.9 Å². The third-order valence-corrected chi connectivity index (χ3v) is 5.21. The summed E-state index contributed by atoms with van der Waals surface area (Å²) in [6.45, 7) is 0.519. The molecule has 0 spiro atoms. The van der Waals surface area contributed by atoms with E-state index in [1.165, 1.54) is 11.3 Å². The molecular formula is C19H13ClN2O3S. The second kappa shape index (κ2) is 6.87. The second-order valence-electron chi connectivity index (χ2n) is 5.66. The average molecular weight is 385 g/mol. The van der Waals surface area contributed by atoms with Gasteiger partial charge in [-0.3, -0.25) is 4.79 Å². The third kappa shape index (κ3) is 3.19. The fourth-order valence-corrected chi connectivity index (χ4v) is 3.89. The summed E-state index contributed by atoms with van der Waals surface area (Å²) in [6.07, 6.45) is 5.70. The van der Waals surface area contributed by atoms with Crippen molar-refractivity contribution in [2.45, 2.75) is 13.0 Å². The molecule has 3 aromatic rings. The van der Waals surface area contributed by atoms with Gasteiger partial charge >= 0.3 is 0 Å². The Morgan fingerprint density at radius 1 is 1.27 bits per heavy atom. The van der Waals surface area contributed by atoms with Crippen LogP contribution in [0, 0.1) is 12.3 Å². The molecule has 4 rings (SSSR count). The maximum atomic E-state index is 12.4. The van der Waals surface area contributed by atoms with Crippen LogP contribution in [0.3, 0.4) is 0 Å². The van der Waals surface area contributed by atoms with Crippen molar-refractivity contribution in [3.8, 4) is 23.8 Å². The lowest BCUT2D eigenvalue weighted by atomic mass is 10.1. The number of rotatable bonds is 3. The van der Waals surface area contributed by atoms with Gasteiger partial charge in [0.15, 0.2) is 16.3 Å². The number of amides is 1. The fraction of sp³-hybridized carbons (Fsp3) is 0.158. The molecule has 1 amide bonds. The van der Waals surface area contributed by atoms with Gasteiger partial charge in [-0.15, -0.1) is 6.42 Å². The Morgan fingerprint density at radius 3 is 2.73 bits per heavy atom. The summed E-state index contributed by atoms with van der Waals surface area (Å²) in [5, 5.41) is 0.631. The number of thiazole rings is 1. The summed E-state index contributed by atoms with van der Waals surface area (Å²) < 4.78 is 13.6. The topological polar surface area (TPSA) is 52.8 Å². The van der Waals surface area contributed by atoms with E-state index in [9.17, 15) is 4.79 Å². The molecule has 0 unspecified atom stereocenters. The van der Waals surface area contributed by atoms with Crippen molar-refractivity contribution in [3.05, 3.63) is 51.8 Å². The lowest BCUT2D eigenvalue weighted by molar-refractivity contribution is -0.117. The van der Waals surface area contributed by atoms with E-state index in [0.717, 1.165) is 15.8 Å². The molecule has 0 saturated heterocycles. The second-order valence-corrected chi connectivity index (χ2v) is 7.10. The molecule has 130 valence electrons. The number of carbonyl (C=O) groups is 1. The molecule has 0 N–H and O–H groups in total. The molecule has 1 aromatic heterocycles. The zero-order chi connectivity index (χ0) is 18.1. The number of ether oxygens (including phenoxy) is 2. The Balaban J connectivity index is 1.73. The van der Waals surface area contributed by atoms with Gasteiger partial charge in [0.05, 0.1) is 23.2 Å². The number of hydrogen-bond acceptors (Lipinski definition) is 4. The Hall–Kier alpha value is -2.75. The predicted octanol–water partition coefficient (Wildman–Crippen LogP) is 3.39. The maximum absolute atomic E-state index is 12.4. The maximum Gasteiger partial charge on any atom is 0.252 e. The molecule has 1 aliphatic heterocycles. The lowest BCUT2D eigenvalue weighted by Crippen LogP contribution is -2.17. The van der Waals surface area contributed by atoms with Gasteiger partial charge in [-0.2, -0.15) is 4.99 Å². The van der Waals surface area contributed by atoms with Crippen LogP contribution >= 0.6 is 22.9 Å². The summed E-state index contributed by atoms with van der Waals surface area (Å²) in [5.74, 6) is 3.72. The van der Waals surface area contributed by atoms with Crippen LogP contribution in [-0.4, -0.2) is 17.3 Å². The number of hydrogen-bond donors (Lipinski definition) is 0. The van der Waals surface area contributed by atoms with Crippen LogP contribution in [0.4, 0.5) is 0 Å². The number of benzene rings is 2. The minimum Gasteiger partial charge on any atom is -0.454 e. The number of fused-ring (bicyclic) bond motifs is 2. The predicted molar refractivity (Wildman–Crippen MR) is 100 cm³/mol. The van der Waals surface area contributed by atoms with Crippen molar-refractivity contribution in [1.29, 1.82) is 0 Å². The summed E-state index contributed by atoms with van der Waals surface area (Å²) in [4.78, 5) is 17.2. The standard InChI is InChI=1S/C19H13ClN2O3S/c1-2-7-22-14-9-15-16(25-11-24-15)10-17(14)26-19(22)21-18(23)8-12-3-5-13(20)6-4-12/h1,3-6,9-10H,7-8,11H2. The molecule has 2 heterocycles. The van der Waals surface area contributed by atoms with Gasteiger partial charge in [0.1, 0.15) is 0 Å².